The van der Waals surface area contributed by atoms with E-state index in [0.717, 1.165) is 39.5 Å². The third-order valence-electron chi connectivity index (χ3n) is 5.08. The zero-order valence-corrected chi connectivity index (χ0v) is 18.1. The van der Waals surface area contributed by atoms with Gasteiger partial charge in [0.1, 0.15) is 6.54 Å². The van der Waals surface area contributed by atoms with Crippen LogP contribution in [0.5, 0.6) is 0 Å². The summed E-state index contributed by atoms with van der Waals surface area (Å²) in [5, 5.41) is 1.07. The lowest BCUT2D eigenvalue weighted by Crippen LogP contribution is -2.35. The van der Waals surface area contributed by atoms with E-state index in [1.54, 1.807) is 11.8 Å². The number of carbonyl (C=O) groups excluding carboxylic acids is 1. The lowest BCUT2D eigenvalue weighted by molar-refractivity contribution is -0.669. The van der Waals surface area contributed by atoms with E-state index in [-0.39, 0.29) is 5.91 Å². The van der Waals surface area contributed by atoms with Crippen LogP contribution in [-0.2, 0) is 6.54 Å². The molecule has 3 aromatic carbocycles. The summed E-state index contributed by atoms with van der Waals surface area (Å²) in [4.78, 5) is 16.8. The summed E-state index contributed by atoms with van der Waals surface area (Å²) in [6, 6.07) is 27.8. The number of benzene rings is 3. The van der Waals surface area contributed by atoms with Crippen LogP contribution >= 0.6 is 11.8 Å². The predicted molar refractivity (Wildman–Crippen MR) is 126 cm³/mol. The maximum absolute atomic E-state index is 13.8. The van der Waals surface area contributed by atoms with Crippen molar-refractivity contribution in [1.29, 1.82) is 0 Å². The number of amides is 1. The van der Waals surface area contributed by atoms with E-state index in [1.165, 1.54) is 0 Å². The highest BCUT2D eigenvalue weighted by Crippen LogP contribution is 2.40. The Labute approximate surface area is 182 Å². The number of para-hydroxylation sites is 2. The minimum absolute atomic E-state index is 0.0286. The van der Waals surface area contributed by atoms with Crippen molar-refractivity contribution in [2.24, 2.45) is 0 Å². The van der Waals surface area contributed by atoms with E-state index in [1.807, 2.05) is 71.6 Å². The lowest BCUT2D eigenvalue weighted by Gasteiger charge is -2.26. The Morgan fingerprint density at radius 2 is 1.50 bits per heavy atom. The fourth-order valence-electron chi connectivity index (χ4n) is 3.72. The fourth-order valence-corrected chi connectivity index (χ4v) is 4.57. The number of pyridine rings is 1. The van der Waals surface area contributed by atoms with E-state index >= 15 is 0 Å². The van der Waals surface area contributed by atoms with Crippen molar-refractivity contribution in [3.63, 3.8) is 0 Å². The van der Waals surface area contributed by atoms with Crippen LogP contribution in [0, 0.1) is 0 Å². The second-order valence-electron chi connectivity index (χ2n) is 6.92. The Hall–Kier alpha value is -3.11. The normalized spacial score (nSPS) is 10.9. The Morgan fingerprint density at radius 1 is 0.867 bits per heavy atom. The van der Waals surface area contributed by atoms with Crippen LogP contribution in [0.1, 0.15) is 24.2 Å². The van der Waals surface area contributed by atoms with Crippen LogP contribution in [0.4, 0.5) is 11.4 Å². The van der Waals surface area contributed by atoms with Crippen LogP contribution in [0.15, 0.2) is 96.0 Å². The second kappa shape index (κ2) is 9.14. The number of thioether (sulfide) groups is 1. The molecule has 0 saturated carbocycles. The van der Waals surface area contributed by atoms with E-state index < -0.39 is 0 Å². The van der Waals surface area contributed by atoms with Crippen LogP contribution in [-0.4, -0.2) is 11.7 Å². The van der Waals surface area contributed by atoms with Crippen molar-refractivity contribution < 1.29 is 9.36 Å². The van der Waals surface area contributed by atoms with Crippen molar-refractivity contribution in [3.8, 4) is 0 Å². The quantitative estimate of drug-likeness (QED) is 0.276. The number of aryl methyl sites for hydroxylation is 1. The van der Waals surface area contributed by atoms with Gasteiger partial charge in [-0.1, -0.05) is 55.5 Å². The van der Waals surface area contributed by atoms with Gasteiger partial charge in [-0.2, -0.15) is 4.57 Å². The molecule has 0 radical (unpaired) electrons. The van der Waals surface area contributed by atoms with E-state index in [4.69, 9.17) is 0 Å². The average molecular weight is 414 g/mol. The van der Waals surface area contributed by atoms with Gasteiger partial charge < -0.3 is 0 Å². The first-order valence-corrected chi connectivity index (χ1v) is 11.3. The molecule has 1 amide bonds. The monoisotopic (exact) mass is 413 g/mol. The number of hydrogen-bond acceptors (Lipinski definition) is 2. The molecule has 0 spiro atoms. The molecule has 150 valence electrons. The Balaban J connectivity index is 2.04. The smallest absolute Gasteiger partial charge is 0.262 e. The molecule has 0 aliphatic rings. The van der Waals surface area contributed by atoms with E-state index in [2.05, 4.69) is 42.8 Å². The molecule has 1 heterocycles. The molecule has 3 nitrogen and oxygen atoms in total. The van der Waals surface area contributed by atoms with Gasteiger partial charge in [0.25, 0.3) is 5.91 Å². The summed E-state index contributed by atoms with van der Waals surface area (Å²) >= 11 is 1.77. The number of rotatable bonds is 6. The maximum Gasteiger partial charge on any atom is 0.262 e. The van der Waals surface area contributed by atoms with Crippen molar-refractivity contribution in [1.82, 2.24) is 0 Å². The first kappa shape index (κ1) is 20.2. The summed E-state index contributed by atoms with van der Waals surface area (Å²) in [6.45, 7) is 5.17. The highest BCUT2D eigenvalue weighted by atomic mass is 32.2. The van der Waals surface area contributed by atoms with Crippen LogP contribution in [0.25, 0.3) is 10.9 Å². The summed E-state index contributed by atoms with van der Waals surface area (Å²) < 4.78 is 2.26. The number of anilines is 2. The molecular formula is C26H25N2OS+. The molecule has 0 unspecified atom stereocenters. The Morgan fingerprint density at radius 3 is 2.17 bits per heavy atom. The first-order valence-electron chi connectivity index (χ1n) is 10.3. The topological polar surface area (TPSA) is 24.2 Å². The molecule has 4 rings (SSSR count). The molecule has 4 aromatic rings. The SMILES string of the molecule is CCSc1c[n+](CC)c2ccccc2c1N(C(=O)c1ccccc1)c1ccccc1. The summed E-state index contributed by atoms with van der Waals surface area (Å²) in [5.41, 5.74) is 3.60. The lowest BCUT2D eigenvalue weighted by atomic mass is 10.1. The molecule has 30 heavy (non-hydrogen) atoms. The zero-order chi connectivity index (χ0) is 20.9. The largest absolute Gasteiger partial charge is 0.275 e. The second-order valence-corrected chi connectivity index (χ2v) is 8.23. The molecule has 1 aromatic heterocycles. The number of aromatic nitrogens is 1. The summed E-state index contributed by atoms with van der Waals surface area (Å²) in [6.07, 6.45) is 2.18. The molecule has 0 aliphatic heterocycles. The molecule has 0 bridgehead atoms. The van der Waals surface area contributed by atoms with Crippen LogP contribution in [0.3, 0.4) is 0 Å². The zero-order valence-electron chi connectivity index (χ0n) is 17.3. The van der Waals surface area contributed by atoms with Gasteiger partial charge in [0.15, 0.2) is 6.20 Å². The number of fused-ring (bicyclic) bond motifs is 1. The third kappa shape index (κ3) is 3.83. The van der Waals surface area contributed by atoms with Crippen LogP contribution < -0.4 is 9.47 Å². The van der Waals surface area contributed by atoms with Gasteiger partial charge in [-0.25, -0.2) is 0 Å². The molecule has 0 aliphatic carbocycles. The highest BCUT2D eigenvalue weighted by molar-refractivity contribution is 7.99. The fraction of sp³-hybridized carbons (Fsp3) is 0.154. The first-order chi connectivity index (χ1) is 14.7. The van der Waals surface area contributed by atoms with E-state index in [9.17, 15) is 4.79 Å². The predicted octanol–water partition coefficient (Wildman–Crippen LogP) is 6.24. The van der Waals surface area contributed by atoms with Gasteiger partial charge in [-0.15, -0.1) is 11.8 Å². The summed E-state index contributed by atoms with van der Waals surface area (Å²) in [7, 11) is 0. The molecular weight excluding hydrogens is 388 g/mol. The maximum atomic E-state index is 13.8. The molecule has 0 N–H and O–H groups in total. The van der Waals surface area contributed by atoms with Gasteiger partial charge in [0.2, 0.25) is 5.52 Å². The standard InChI is InChI=1S/C26H25N2OS/c1-3-27-19-24(30-4-2)25(22-17-11-12-18-23(22)27)28(21-15-9-6-10-16-21)26(29)20-13-7-5-8-14-20/h5-19H,3-4H2,1-2H3/q+1. The minimum atomic E-state index is -0.0286. The summed E-state index contributed by atoms with van der Waals surface area (Å²) in [5.74, 6) is 0.899. The third-order valence-corrected chi connectivity index (χ3v) is 5.98. The van der Waals surface area contributed by atoms with Gasteiger partial charge in [-0.05, 0) is 43.0 Å². The number of nitrogens with zero attached hydrogens (tertiary/aromatic N) is 2. The van der Waals surface area contributed by atoms with Gasteiger partial charge >= 0.3 is 0 Å². The number of hydrogen-bond donors (Lipinski definition) is 0. The van der Waals surface area contributed by atoms with Crippen molar-refractivity contribution >= 4 is 39.9 Å². The van der Waals surface area contributed by atoms with Crippen molar-refractivity contribution in [3.05, 3.63) is 96.7 Å². The van der Waals surface area contributed by atoms with E-state index in [0.29, 0.717) is 5.56 Å². The van der Waals surface area contributed by atoms with Gasteiger partial charge in [0.05, 0.1) is 16.0 Å². The minimum Gasteiger partial charge on any atom is -0.275 e. The Kier molecular flexibility index (Phi) is 6.15. The number of carbonyl (C=O) groups is 1. The highest BCUT2D eigenvalue weighted by Gasteiger charge is 2.28. The molecule has 0 fully saturated rings. The molecule has 4 heteroatoms. The van der Waals surface area contributed by atoms with Crippen LogP contribution in [0.2, 0.25) is 0 Å². The molecule has 0 atom stereocenters. The van der Waals surface area contributed by atoms with Crippen molar-refractivity contribution in [2.75, 3.05) is 10.7 Å². The van der Waals surface area contributed by atoms with Gasteiger partial charge in [0, 0.05) is 17.3 Å². The van der Waals surface area contributed by atoms with Crippen molar-refractivity contribution in [2.45, 2.75) is 25.3 Å². The average Bonchev–Trinajstić information content (AvgIpc) is 2.81. The Bertz CT molecular complexity index is 1160. The molecule has 0 saturated heterocycles. The van der Waals surface area contributed by atoms with Gasteiger partial charge in [-0.3, -0.25) is 9.69 Å².